The van der Waals surface area contributed by atoms with Gasteiger partial charge in [-0.25, -0.2) is 0 Å². The van der Waals surface area contributed by atoms with E-state index >= 15 is 0 Å². The minimum Gasteiger partial charge on any atom is -0.507 e. The summed E-state index contributed by atoms with van der Waals surface area (Å²) in [4.78, 5) is 0. The first-order valence-electron chi connectivity index (χ1n) is 3.98. The van der Waals surface area contributed by atoms with E-state index in [4.69, 9.17) is 4.74 Å². The van der Waals surface area contributed by atoms with Gasteiger partial charge in [-0.15, -0.1) is 11.3 Å². The van der Waals surface area contributed by atoms with Gasteiger partial charge in [0.2, 0.25) is 0 Å². The summed E-state index contributed by atoms with van der Waals surface area (Å²) in [5, 5.41) is 12.5. The summed E-state index contributed by atoms with van der Waals surface area (Å²) in [7, 11) is 1.64. The molecule has 1 N–H and O–H groups in total. The zero-order valence-corrected chi connectivity index (χ0v) is 8.31. The molecule has 0 saturated carbocycles. The van der Waals surface area contributed by atoms with Gasteiger partial charge in [0.05, 0.1) is 11.8 Å². The van der Waals surface area contributed by atoms with Crippen LogP contribution in [-0.4, -0.2) is 12.2 Å². The van der Waals surface area contributed by atoms with Gasteiger partial charge in [0.25, 0.3) is 0 Å². The maximum atomic E-state index is 9.72. The second-order valence-electron chi connectivity index (χ2n) is 2.91. The molecule has 2 rings (SSSR count). The van der Waals surface area contributed by atoms with E-state index in [0.717, 1.165) is 21.4 Å². The molecule has 0 spiro atoms. The maximum absolute atomic E-state index is 9.72. The number of fused-ring (bicyclic) bond motifs is 1. The van der Waals surface area contributed by atoms with Crippen LogP contribution in [0.4, 0.5) is 0 Å². The Balaban J connectivity index is 2.87. The smallest absolute Gasteiger partial charge is 0.137 e. The molecule has 2 nitrogen and oxygen atoms in total. The van der Waals surface area contributed by atoms with Crippen LogP contribution >= 0.6 is 11.3 Å². The van der Waals surface area contributed by atoms with E-state index in [1.165, 1.54) is 0 Å². The third kappa shape index (κ3) is 1.16. The summed E-state index contributed by atoms with van der Waals surface area (Å²) in [6, 6.07) is 3.76. The minimum absolute atomic E-state index is 0.358. The molecule has 68 valence electrons. The van der Waals surface area contributed by atoms with Crippen molar-refractivity contribution >= 4 is 21.4 Å². The van der Waals surface area contributed by atoms with E-state index in [1.807, 2.05) is 24.4 Å². The van der Waals surface area contributed by atoms with Gasteiger partial charge < -0.3 is 9.84 Å². The second-order valence-corrected chi connectivity index (χ2v) is 3.82. The van der Waals surface area contributed by atoms with E-state index < -0.39 is 0 Å². The van der Waals surface area contributed by atoms with Gasteiger partial charge in [-0.05, 0) is 30.0 Å². The second kappa shape index (κ2) is 2.92. The molecule has 0 aliphatic carbocycles. The molecule has 0 aliphatic heterocycles. The van der Waals surface area contributed by atoms with Crippen LogP contribution < -0.4 is 4.74 Å². The van der Waals surface area contributed by atoms with E-state index in [-0.39, 0.29) is 0 Å². The normalized spacial score (nSPS) is 10.6. The number of phenols is 1. The van der Waals surface area contributed by atoms with Crippen molar-refractivity contribution in [3.63, 3.8) is 0 Å². The number of phenolic OH excluding ortho intramolecular Hbond substituents is 1. The van der Waals surface area contributed by atoms with Gasteiger partial charge in [0.1, 0.15) is 11.5 Å². The zero-order valence-electron chi connectivity index (χ0n) is 7.50. The molecule has 0 amide bonds. The van der Waals surface area contributed by atoms with Crippen molar-refractivity contribution in [1.29, 1.82) is 0 Å². The SMILES string of the molecule is COc1cc(C)c(O)c2ccsc12. The van der Waals surface area contributed by atoms with Gasteiger partial charge in [0.15, 0.2) is 0 Å². The Labute approximate surface area is 80.4 Å². The number of hydrogen-bond donors (Lipinski definition) is 1. The van der Waals surface area contributed by atoms with Gasteiger partial charge >= 0.3 is 0 Å². The number of hydrogen-bond acceptors (Lipinski definition) is 3. The molecule has 1 aromatic carbocycles. The predicted octanol–water partition coefficient (Wildman–Crippen LogP) is 2.92. The van der Waals surface area contributed by atoms with Crippen LogP contribution in [0.25, 0.3) is 10.1 Å². The molecule has 2 aromatic rings. The first-order chi connectivity index (χ1) is 6.24. The van der Waals surface area contributed by atoms with Crippen LogP contribution in [0.5, 0.6) is 11.5 Å². The van der Waals surface area contributed by atoms with Crippen LogP contribution in [-0.2, 0) is 0 Å². The molecular formula is C10H10O2S. The van der Waals surface area contributed by atoms with Crippen molar-refractivity contribution in [2.24, 2.45) is 0 Å². The Morgan fingerprint density at radius 3 is 2.92 bits per heavy atom. The predicted molar refractivity (Wildman–Crippen MR) is 54.8 cm³/mol. The van der Waals surface area contributed by atoms with Crippen molar-refractivity contribution in [1.82, 2.24) is 0 Å². The van der Waals surface area contributed by atoms with Crippen LogP contribution in [0.1, 0.15) is 5.56 Å². The highest BCUT2D eigenvalue weighted by atomic mass is 32.1. The standard InChI is InChI=1S/C10H10O2S/c1-6-5-8(12-2)10-7(9(6)11)3-4-13-10/h3-5,11H,1-2H3. The van der Waals surface area contributed by atoms with E-state index in [9.17, 15) is 5.11 Å². The third-order valence-corrected chi connectivity index (χ3v) is 3.01. The Hall–Kier alpha value is -1.22. The number of rotatable bonds is 1. The number of thiophene rings is 1. The molecule has 1 aromatic heterocycles. The Kier molecular flexibility index (Phi) is 1.88. The first kappa shape index (κ1) is 8.38. The Morgan fingerprint density at radius 1 is 1.46 bits per heavy atom. The number of aromatic hydroxyl groups is 1. The van der Waals surface area contributed by atoms with Crippen LogP contribution in [0.3, 0.4) is 0 Å². The summed E-state index contributed by atoms with van der Waals surface area (Å²) in [6.07, 6.45) is 0. The summed E-state index contributed by atoms with van der Waals surface area (Å²) < 4.78 is 6.23. The molecule has 0 unspecified atom stereocenters. The van der Waals surface area contributed by atoms with E-state index in [2.05, 4.69) is 0 Å². The summed E-state index contributed by atoms with van der Waals surface area (Å²) in [6.45, 7) is 1.87. The lowest BCUT2D eigenvalue weighted by molar-refractivity contribution is 0.418. The fourth-order valence-corrected chi connectivity index (χ4v) is 2.27. The largest absolute Gasteiger partial charge is 0.507 e. The van der Waals surface area contributed by atoms with E-state index in [1.54, 1.807) is 18.4 Å². The molecule has 0 radical (unpaired) electrons. The minimum atomic E-state index is 0.358. The molecule has 13 heavy (non-hydrogen) atoms. The number of methoxy groups -OCH3 is 1. The highest BCUT2D eigenvalue weighted by Gasteiger charge is 2.09. The highest BCUT2D eigenvalue weighted by molar-refractivity contribution is 7.17. The third-order valence-electron chi connectivity index (χ3n) is 2.09. The summed E-state index contributed by atoms with van der Waals surface area (Å²) >= 11 is 1.58. The monoisotopic (exact) mass is 194 g/mol. The lowest BCUT2D eigenvalue weighted by atomic mass is 10.1. The number of benzene rings is 1. The van der Waals surface area contributed by atoms with Crippen LogP contribution in [0.2, 0.25) is 0 Å². The summed E-state index contributed by atoms with van der Waals surface area (Å²) in [5.74, 6) is 1.19. The van der Waals surface area contributed by atoms with Gasteiger partial charge in [-0.3, -0.25) is 0 Å². The lowest BCUT2D eigenvalue weighted by Crippen LogP contribution is -1.84. The molecule has 3 heteroatoms. The average molecular weight is 194 g/mol. The molecule has 0 fully saturated rings. The van der Waals surface area contributed by atoms with Crippen molar-refractivity contribution < 1.29 is 9.84 Å². The number of aryl methyl sites for hydroxylation is 1. The van der Waals surface area contributed by atoms with Gasteiger partial charge in [-0.1, -0.05) is 0 Å². The molecule has 1 heterocycles. The maximum Gasteiger partial charge on any atom is 0.137 e. The number of ether oxygens (including phenoxy) is 1. The zero-order chi connectivity index (χ0) is 9.42. The fourth-order valence-electron chi connectivity index (χ4n) is 1.38. The van der Waals surface area contributed by atoms with Gasteiger partial charge in [-0.2, -0.15) is 0 Å². The van der Waals surface area contributed by atoms with Crippen molar-refractivity contribution in [3.8, 4) is 11.5 Å². The van der Waals surface area contributed by atoms with Crippen molar-refractivity contribution in [3.05, 3.63) is 23.1 Å². The van der Waals surface area contributed by atoms with Crippen LogP contribution in [0, 0.1) is 6.92 Å². The average Bonchev–Trinajstić information content (AvgIpc) is 2.60. The molecular weight excluding hydrogens is 184 g/mol. The molecule has 0 saturated heterocycles. The first-order valence-corrected chi connectivity index (χ1v) is 4.85. The quantitative estimate of drug-likeness (QED) is 0.756. The molecule has 0 aliphatic rings. The molecule has 0 atom stereocenters. The topological polar surface area (TPSA) is 29.5 Å². The summed E-state index contributed by atoms with van der Waals surface area (Å²) in [5.41, 5.74) is 0.850. The fraction of sp³-hybridized carbons (Fsp3) is 0.200. The van der Waals surface area contributed by atoms with Crippen molar-refractivity contribution in [2.45, 2.75) is 6.92 Å². The van der Waals surface area contributed by atoms with Crippen LogP contribution in [0.15, 0.2) is 17.5 Å². The Morgan fingerprint density at radius 2 is 2.23 bits per heavy atom. The lowest BCUT2D eigenvalue weighted by Gasteiger charge is -2.05. The van der Waals surface area contributed by atoms with Crippen molar-refractivity contribution in [2.75, 3.05) is 7.11 Å². The highest BCUT2D eigenvalue weighted by Crippen LogP contribution is 2.38. The van der Waals surface area contributed by atoms with Gasteiger partial charge in [0, 0.05) is 5.39 Å². The molecule has 0 bridgehead atoms. The van der Waals surface area contributed by atoms with E-state index in [0.29, 0.717) is 5.75 Å². The Bertz CT molecular complexity index is 445.